The van der Waals surface area contributed by atoms with Crippen molar-refractivity contribution in [2.45, 2.75) is 147 Å². The summed E-state index contributed by atoms with van der Waals surface area (Å²) in [6.07, 6.45) is 2.06. The van der Waals surface area contributed by atoms with E-state index in [1.165, 1.54) is 0 Å². The average Bonchev–Trinajstić information content (AvgIpc) is 2.68. The van der Waals surface area contributed by atoms with Crippen molar-refractivity contribution in [3.8, 4) is 0 Å². The fraction of sp³-hybridized carbons (Fsp3) is 0.926. The Hall–Kier alpha value is 0.408. The first kappa shape index (κ1) is 36.4. The standard InChI is InChI=1S/C27H64N2O3Si4/c1-17-36(16,32-26(6,7)33(10,11)22-18-20-28)25(4,5)24(2,3)30-35(14,15)27(8,9)31-34(12,13)23-19-21-29/h17H,1,18-23,28-29H2,2-16H3. The summed E-state index contributed by atoms with van der Waals surface area (Å²) in [6.45, 7) is 40.4. The van der Waals surface area contributed by atoms with Crippen LogP contribution < -0.4 is 11.5 Å². The van der Waals surface area contributed by atoms with Crippen LogP contribution in [0.5, 0.6) is 0 Å². The van der Waals surface area contributed by atoms with E-state index in [0.717, 1.165) is 31.5 Å². The van der Waals surface area contributed by atoms with Crippen LogP contribution in [0.4, 0.5) is 0 Å². The predicted molar refractivity (Wildman–Crippen MR) is 171 cm³/mol. The minimum absolute atomic E-state index is 0.196. The Morgan fingerprint density at radius 2 is 1.11 bits per heavy atom. The molecule has 0 spiro atoms. The van der Waals surface area contributed by atoms with Crippen LogP contribution in [0.1, 0.15) is 68.2 Å². The molecule has 0 rings (SSSR count). The largest absolute Gasteiger partial charge is 0.412 e. The van der Waals surface area contributed by atoms with Crippen LogP contribution in [-0.2, 0) is 13.3 Å². The fourth-order valence-electron chi connectivity index (χ4n) is 4.82. The van der Waals surface area contributed by atoms with Crippen LogP contribution in [-0.4, -0.2) is 62.2 Å². The first-order chi connectivity index (χ1) is 15.8. The van der Waals surface area contributed by atoms with E-state index in [2.05, 4.69) is 113 Å². The summed E-state index contributed by atoms with van der Waals surface area (Å²) in [6, 6.07) is 2.23. The summed E-state index contributed by atoms with van der Waals surface area (Å²) in [7, 11) is -8.36. The number of nitrogens with two attached hydrogens (primary N) is 2. The molecule has 0 aromatic heterocycles. The van der Waals surface area contributed by atoms with Crippen molar-refractivity contribution < 1.29 is 13.3 Å². The average molecular weight is 577 g/mol. The monoisotopic (exact) mass is 576 g/mol. The van der Waals surface area contributed by atoms with E-state index in [9.17, 15) is 0 Å². The van der Waals surface area contributed by atoms with Crippen LogP contribution in [0, 0.1) is 0 Å². The smallest absolute Gasteiger partial charge is 0.222 e. The molecule has 0 saturated carbocycles. The number of hydrogen-bond donors (Lipinski definition) is 2. The third-order valence-electron chi connectivity index (χ3n) is 9.71. The molecule has 0 saturated heterocycles. The molecule has 0 aromatic rings. The first-order valence-electron chi connectivity index (χ1n) is 13.9. The lowest BCUT2D eigenvalue weighted by Crippen LogP contribution is -2.67. The second-order valence-electron chi connectivity index (χ2n) is 14.7. The molecule has 36 heavy (non-hydrogen) atoms. The first-order valence-corrected chi connectivity index (χ1v) is 25.7. The topological polar surface area (TPSA) is 79.7 Å². The molecule has 0 aliphatic heterocycles. The van der Waals surface area contributed by atoms with Gasteiger partial charge in [0, 0.05) is 10.3 Å². The Balaban J connectivity index is 6.12. The van der Waals surface area contributed by atoms with Gasteiger partial charge in [0.05, 0.1) is 18.9 Å². The van der Waals surface area contributed by atoms with Crippen molar-refractivity contribution in [1.29, 1.82) is 0 Å². The molecule has 0 aromatic carbocycles. The van der Waals surface area contributed by atoms with Gasteiger partial charge in [0.1, 0.15) is 0 Å². The van der Waals surface area contributed by atoms with E-state index in [1.54, 1.807) is 0 Å². The van der Waals surface area contributed by atoms with Gasteiger partial charge in [0.2, 0.25) is 16.6 Å². The molecular formula is C27H64N2O3Si4. The summed E-state index contributed by atoms with van der Waals surface area (Å²) in [5.74, 6) is 0. The van der Waals surface area contributed by atoms with Crippen LogP contribution in [0.3, 0.4) is 0 Å². The lowest BCUT2D eigenvalue weighted by molar-refractivity contribution is 0.0171. The maximum absolute atomic E-state index is 7.25. The van der Waals surface area contributed by atoms with Gasteiger partial charge in [-0.05, 0) is 106 Å². The number of rotatable bonds is 17. The maximum atomic E-state index is 7.25. The van der Waals surface area contributed by atoms with Crippen molar-refractivity contribution in [1.82, 2.24) is 0 Å². The van der Waals surface area contributed by atoms with E-state index in [4.69, 9.17) is 24.7 Å². The second-order valence-corrected chi connectivity index (χ2v) is 32.9. The predicted octanol–water partition coefficient (Wildman–Crippen LogP) is 7.35. The summed E-state index contributed by atoms with van der Waals surface area (Å²) >= 11 is 0. The van der Waals surface area contributed by atoms with Crippen molar-refractivity contribution in [3.63, 3.8) is 0 Å². The Labute approximate surface area is 229 Å². The van der Waals surface area contributed by atoms with E-state index in [1.807, 2.05) is 0 Å². The van der Waals surface area contributed by atoms with Crippen LogP contribution in [0.25, 0.3) is 0 Å². The van der Waals surface area contributed by atoms with Crippen LogP contribution in [0.15, 0.2) is 12.3 Å². The fourth-order valence-corrected chi connectivity index (χ4v) is 17.6. The molecule has 5 nitrogen and oxygen atoms in total. The Morgan fingerprint density at radius 3 is 1.53 bits per heavy atom. The Bertz CT molecular complexity index is 722. The third-order valence-corrected chi connectivity index (χ3v) is 26.5. The third kappa shape index (κ3) is 8.45. The molecule has 0 amide bonds. The summed E-state index contributed by atoms with van der Waals surface area (Å²) < 4.78 is 21.4. The molecule has 1 atom stereocenters. The van der Waals surface area contributed by atoms with Gasteiger partial charge in [-0.1, -0.05) is 38.7 Å². The molecule has 0 aliphatic rings. The normalized spacial score (nSPS) is 16.7. The zero-order chi connectivity index (χ0) is 29.1. The maximum Gasteiger partial charge on any atom is 0.222 e. The van der Waals surface area contributed by atoms with Gasteiger partial charge in [0.15, 0.2) is 8.32 Å². The molecule has 0 bridgehead atoms. The zero-order valence-corrected chi connectivity index (χ0v) is 30.9. The lowest BCUT2D eigenvalue weighted by Gasteiger charge is -2.57. The highest BCUT2D eigenvalue weighted by molar-refractivity contribution is 6.84. The van der Waals surface area contributed by atoms with Crippen molar-refractivity contribution in [3.05, 3.63) is 12.3 Å². The van der Waals surface area contributed by atoms with Crippen molar-refractivity contribution in [2.24, 2.45) is 11.5 Å². The molecule has 0 aliphatic carbocycles. The minimum atomic E-state index is -2.48. The zero-order valence-electron chi connectivity index (χ0n) is 26.9. The molecule has 9 heteroatoms. The Kier molecular flexibility index (Phi) is 12.4. The quantitative estimate of drug-likeness (QED) is 0.177. The highest BCUT2D eigenvalue weighted by Crippen LogP contribution is 2.53. The van der Waals surface area contributed by atoms with Gasteiger partial charge in [-0.15, -0.1) is 6.58 Å². The van der Waals surface area contributed by atoms with Crippen molar-refractivity contribution in [2.75, 3.05) is 13.1 Å². The van der Waals surface area contributed by atoms with Gasteiger partial charge in [-0.3, -0.25) is 0 Å². The second kappa shape index (κ2) is 12.3. The van der Waals surface area contributed by atoms with Crippen molar-refractivity contribution >= 4 is 33.0 Å². The number of hydrogen-bond acceptors (Lipinski definition) is 5. The Morgan fingerprint density at radius 1 is 0.667 bits per heavy atom. The van der Waals surface area contributed by atoms with E-state index >= 15 is 0 Å². The molecule has 0 fully saturated rings. The summed E-state index contributed by atoms with van der Waals surface area (Å²) in [5, 5.41) is -0.753. The van der Waals surface area contributed by atoms with E-state index in [0.29, 0.717) is 6.54 Å². The highest BCUT2D eigenvalue weighted by atomic mass is 28.4. The molecule has 216 valence electrons. The van der Waals surface area contributed by atoms with Crippen LogP contribution in [0.2, 0.25) is 63.0 Å². The molecule has 0 radical (unpaired) electrons. The van der Waals surface area contributed by atoms with Gasteiger partial charge >= 0.3 is 0 Å². The molecule has 0 heterocycles. The molecule has 4 N–H and O–H groups in total. The minimum Gasteiger partial charge on any atom is -0.412 e. The van der Waals surface area contributed by atoms with Gasteiger partial charge in [-0.25, -0.2) is 0 Å². The van der Waals surface area contributed by atoms with Gasteiger partial charge < -0.3 is 24.7 Å². The molecule has 1 unspecified atom stereocenters. The summed E-state index contributed by atoms with van der Waals surface area (Å²) in [5.41, 5.74) is 13.4. The summed E-state index contributed by atoms with van der Waals surface area (Å²) in [4.78, 5) is 0. The van der Waals surface area contributed by atoms with E-state index in [-0.39, 0.29) is 15.5 Å². The van der Waals surface area contributed by atoms with Crippen LogP contribution >= 0.6 is 0 Å². The lowest BCUT2D eigenvalue weighted by atomic mass is 9.94. The SMILES string of the molecule is C=C[Si](C)(OC(C)(C)[Si](C)(C)CCCN)C(C)(C)C(C)(C)O[Si](C)(C)C(C)(C)O[Si](C)(C)CCCN. The highest BCUT2D eigenvalue weighted by Gasteiger charge is 2.59. The molecular weight excluding hydrogens is 513 g/mol. The van der Waals surface area contributed by atoms with E-state index < -0.39 is 38.6 Å². The van der Waals surface area contributed by atoms with Gasteiger partial charge in [0.25, 0.3) is 0 Å². The van der Waals surface area contributed by atoms with Gasteiger partial charge in [-0.2, -0.15) is 0 Å².